The van der Waals surface area contributed by atoms with Crippen molar-refractivity contribution in [1.29, 1.82) is 0 Å². The zero-order valence-corrected chi connectivity index (χ0v) is 19.7. The molecule has 1 saturated heterocycles. The zero-order chi connectivity index (χ0) is 21.6. The lowest BCUT2D eigenvalue weighted by Crippen LogP contribution is -2.41. The molecule has 2 aromatic heterocycles. The lowest BCUT2D eigenvalue weighted by Gasteiger charge is -2.29. The maximum absolute atomic E-state index is 12.8. The Balaban J connectivity index is 1.24. The third-order valence-corrected chi connectivity index (χ3v) is 10.4. The maximum atomic E-state index is 12.8. The standard InChI is InChI=1S/C21H20ClN3O3S3/c22-17-7-8-18(30-17)31(27,28)25-11-9-14(10-12-25)20(26)24-21-23-19-15-4-2-1-3-13(15)5-6-16(19)29-21/h1-4,7-8,14H,5-6,9-12H2,(H,23,24,26). The number of halogens is 1. The molecule has 10 heteroatoms. The number of nitrogens with one attached hydrogen (secondary N) is 1. The summed E-state index contributed by atoms with van der Waals surface area (Å²) in [4.78, 5) is 18.7. The third-order valence-electron chi connectivity index (χ3n) is 5.79. The second-order valence-corrected chi connectivity index (χ2v) is 12.6. The van der Waals surface area contributed by atoms with E-state index in [2.05, 4.69) is 17.4 Å². The summed E-state index contributed by atoms with van der Waals surface area (Å²) >= 11 is 8.48. The Kier molecular flexibility index (Phi) is 5.64. The summed E-state index contributed by atoms with van der Waals surface area (Å²) in [5.74, 6) is -0.317. The Hall–Kier alpha value is -1.78. The molecule has 3 aromatic rings. The van der Waals surface area contributed by atoms with Gasteiger partial charge in [0, 0.05) is 29.4 Å². The van der Waals surface area contributed by atoms with Gasteiger partial charge in [-0.3, -0.25) is 4.79 Å². The van der Waals surface area contributed by atoms with Crippen LogP contribution in [0.3, 0.4) is 0 Å². The van der Waals surface area contributed by atoms with Gasteiger partial charge in [-0.2, -0.15) is 4.31 Å². The molecule has 2 aliphatic rings. The molecular formula is C21H20ClN3O3S3. The number of sulfonamides is 1. The Labute approximate surface area is 193 Å². The predicted molar refractivity (Wildman–Crippen MR) is 124 cm³/mol. The average Bonchev–Trinajstić information content (AvgIpc) is 3.40. The number of carbonyl (C=O) groups excluding carboxylic acids is 1. The number of hydrogen-bond donors (Lipinski definition) is 1. The molecule has 1 amide bonds. The van der Waals surface area contributed by atoms with Crippen LogP contribution in [-0.2, 0) is 27.7 Å². The Morgan fingerprint density at radius 3 is 2.61 bits per heavy atom. The smallest absolute Gasteiger partial charge is 0.252 e. The van der Waals surface area contributed by atoms with Crippen molar-refractivity contribution < 1.29 is 13.2 Å². The third kappa shape index (κ3) is 4.05. The van der Waals surface area contributed by atoms with E-state index in [9.17, 15) is 13.2 Å². The van der Waals surface area contributed by atoms with Crippen molar-refractivity contribution >= 4 is 55.3 Å². The topological polar surface area (TPSA) is 79.4 Å². The maximum Gasteiger partial charge on any atom is 0.252 e. The molecule has 0 radical (unpaired) electrons. The number of thiophene rings is 1. The van der Waals surface area contributed by atoms with Crippen LogP contribution >= 0.6 is 34.3 Å². The van der Waals surface area contributed by atoms with Gasteiger partial charge in [-0.25, -0.2) is 13.4 Å². The van der Waals surface area contributed by atoms with E-state index in [4.69, 9.17) is 16.6 Å². The minimum atomic E-state index is -3.55. The minimum absolute atomic E-state index is 0.0874. The van der Waals surface area contributed by atoms with Crippen molar-refractivity contribution in [2.45, 2.75) is 29.9 Å². The van der Waals surface area contributed by atoms with Crippen molar-refractivity contribution in [1.82, 2.24) is 9.29 Å². The largest absolute Gasteiger partial charge is 0.302 e. The average molecular weight is 494 g/mol. The summed E-state index contributed by atoms with van der Waals surface area (Å²) in [6.45, 7) is 0.634. The Morgan fingerprint density at radius 1 is 1.10 bits per heavy atom. The summed E-state index contributed by atoms with van der Waals surface area (Å²) in [7, 11) is -3.55. The van der Waals surface area contributed by atoms with Crippen LogP contribution in [-0.4, -0.2) is 36.7 Å². The molecule has 0 bridgehead atoms. The molecule has 1 N–H and O–H groups in total. The van der Waals surface area contributed by atoms with Gasteiger partial charge in [-0.05, 0) is 43.4 Å². The first-order valence-electron chi connectivity index (χ1n) is 10.1. The fourth-order valence-electron chi connectivity index (χ4n) is 4.13. The molecule has 1 aliphatic heterocycles. The number of nitrogens with zero attached hydrogens (tertiary/aromatic N) is 2. The molecule has 0 spiro atoms. The van der Waals surface area contributed by atoms with Crippen LogP contribution in [0.2, 0.25) is 4.34 Å². The van der Waals surface area contributed by atoms with Gasteiger partial charge in [0.15, 0.2) is 5.13 Å². The van der Waals surface area contributed by atoms with Gasteiger partial charge in [0.1, 0.15) is 4.21 Å². The van der Waals surface area contributed by atoms with Crippen LogP contribution in [0.1, 0.15) is 23.3 Å². The van der Waals surface area contributed by atoms with Gasteiger partial charge in [0.2, 0.25) is 5.91 Å². The molecule has 6 nitrogen and oxygen atoms in total. The Bertz CT molecular complexity index is 1240. The second-order valence-electron chi connectivity index (χ2n) is 7.67. The van der Waals surface area contributed by atoms with Crippen LogP contribution in [0.4, 0.5) is 5.13 Å². The molecule has 162 valence electrons. The summed E-state index contributed by atoms with van der Waals surface area (Å²) in [6, 6.07) is 11.4. The van der Waals surface area contributed by atoms with Crippen molar-refractivity contribution in [3.05, 3.63) is 51.2 Å². The van der Waals surface area contributed by atoms with Crippen molar-refractivity contribution in [2.75, 3.05) is 18.4 Å². The van der Waals surface area contributed by atoms with E-state index in [1.807, 2.05) is 12.1 Å². The molecule has 0 atom stereocenters. The first kappa shape index (κ1) is 21.1. The van der Waals surface area contributed by atoms with E-state index in [0.717, 1.165) is 35.4 Å². The second kappa shape index (κ2) is 8.29. The number of aromatic nitrogens is 1. The van der Waals surface area contributed by atoms with E-state index in [1.165, 1.54) is 32.1 Å². The first-order valence-corrected chi connectivity index (χ1v) is 13.5. The quantitative estimate of drug-likeness (QED) is 0.573. The van der Waals surface area contributed by atoms with Crippen LogP contribution in [0, 0.1) is 5.92 Å². The summed E-state index contributed by atoms with van der Waals surface area (Å²) in [5.41, 5.74) is 3.41. The van der Waals surface area contributed by atoms with Gasteiger partial charge >= 0.3 is 0 Å². The number of amides is 1. The van der Waals surface area contributed by atoms with E-state index in [-0.39, 0.29) is 16.0 Å². The van der Waals surface area contributed by atoms with E-state index in [0.29, 0.717) is 35.4 Å². The van der Waals surface area contributed by atoms with Crippen LogP contribution < -0.4 is 5.32 Å². The fraction of sp³-hybridized carbons (Fsp3) is 0.333. The number of carbonyl (C=O) groups is 1. The summed E-state index contributed by atoms with van der Waals surface area (Å²) < 4.78 is 27.6. The normalized spacial score (nSPS) is 17.2. The highest BCUT2D eigenvalue weighted by atomic mass is 35.5. The first-order chi connectivity index (χ1) is 14.9. The Morgan fingerprint density at radius 2 is 1.87 bits per heavy atom. The highest BCUT2D eigenvalue weighted by molar-refractivity contribution is 7.91. The molecule has 3 heterocycles. The van der Waals surface area contributed by atoms with Crippen molar-refractivity contribution in [3.63, 3.8) is 0 Å². The SMILES string of the molecule is O=C(Nc1nc2c(s1)CCc1ccccc1-2)C1CCN(S(=O)(=O)c2ccc(Cl)s2)CC1. The lowest BCUT2D eigenvalue weighted by atomic mass is 9.94. The molecular weight excluding hydrogens is 474 g/mol. The van der Waals surface area contributed by atoms with Crippen LogP contribution in [0.15, 0.2) is 40.6 Å². The van der Waals surface area contributed by atoms with Crippen LogP contribution in [0.25, 0.3) is 11.3 Å². The zero-order valence-electron chi connectivity index (χ0n) is 16.5. The number of thiazole rings is 1. The van der Waals surface area contributed by atoms with Crippen molar-refractivity contribution in [3.8, 4) is 11.3 Å². The van der Waals surface area contributed by atoms with Gasteiger partial charge in [0.05, 0.1) is 10.0 Å². The molecule has 1 aromatic carbocycles. The number of aryl methyl sites for hydroxylation is 2. The summed E-state index contributed by atoms with van der Waals surface area (Å²) in [5, 5.41) is 3.59. The predicted octanol–water partition coefficient (Wildman–Crippen LogP) is 4.66. The summed E-state index contributed by atoms with van der Waals surface area (Å²) in [6.07, 6.45) is 2.89. The monoisotopic (exact) mass is 493 g/mol. The van der Waals surface area contributed by atoms with Gasteiger partial charge in [-0.1, -0.05) is 35.9 Å². The van der Waals surface area contributed by atoms with Gasteiger partial charge in [0.25, 0.3) is 10.0 Å². The fourth-order valence-corrected chi connectivity index (χ4v) is 8.22. The number of rotatable bonds is 4. The number of hydrogen-bond acceptors (Lipinski definition) is 6. The number of benzene rings is 1. The van der Waals surface area contributed by atoms with Gasteiger partial charge < -0.3 is 5.32 Å². The molecule has 31 heavy (non-hydrogen) atoms. The van der Waals surface area contributed by atoms with E-state index in [1.54, 1.807) is 6.07 Å². The van der Waals surface area contributed by atoms with Crippen molar-refractivity contribution in [2.24, 2.45) is 5.92 Å². The molecule has 0 unspecified atom stereocenters. The van der Waals surface area contributed by atoms with Crippen LogP contribution in [0.5, 0.6) is 0 Å². The molecule has 1 fully saturated rings. The van der Waals surface area contributed by atoms with E-state index >= 15 is 0 Å². The highest BCUT2D eigenvalue weighted by Gasteiger charge is 2.33. The number of anilines is 1. The van der Waals surface area contributed by atoms with Gasteiger partial charge in [-0.15, -0.1) is 22.7 Å². The molecule has 1 aliphatic carbocycles. The lowest BCUT2D eigenvalue weighted by molar-refractivity contribution is -0.120. The minimum Gasteiger partial charge on any atom is -0.302 e. The molecule has 0 saturated carbocycles. The number of fused-ring (bicyclic) bond motifs is 3. The molecule has 5 rings (SSSR count). The van der Waals surface area contributed by atoms with E-state index < -0.39 is 10.0 Å². The number of piperidine rings is 1. The highest BCUT2D eigenvalue weighted by Crippen LogP contribution is 2.38.